The van der Waals surface area contributed by atoms with Gasteiger partial charge in [0.25, 0.3) is 0 Å². The first kappa shape index (κ1) is 13.7. The molecule has 0 bridgehead atoms. The van der Waals surface area contributed by atoms with Crippen LogP contribution in [0.15, 0.2) is 0 Å². The number of nitrogens with zero attached hydrogens (tertiary/aromatic N) is 2. The summed E-state index contributed by atoms with van der Waals surface area (Å²) in [5.41, 5.74) is 0.519. The van der Waals surface area contributed by atoms with Crippen molar-refractivity contribution in [1.82, 2.24) is 9.80 Å². The zero-order valence-corrected chi connectivity index (χ0v) is 12.0. The van der Waals surface area contributed by atoms with Crippen LogP contribution in [0.3, 0.4) is 0 Å². The van der Waals surface area contributed by atoms with E-state index in [1.54, 1.807) is 4.90 Å². The zero-order chi connectivity index (χ0) is 14.2. The number of carboxylic acid groups (broad SMARTS) is 1. The summed E-state index contributed by atoms with van der Waals surface area (Å²) in [6, 6.07) is 0.0570. The maximum Gasteiger partial charge on any atom is 0.320 e. The second kappa shape index (κ2) is 5.26. The summed E-state index contributed by atoms with van der Waals surface area (Å²) in [4.78, 5) is 27.1. The topological polar surface area (TPSA) is 60.9 Å². The van der Waals surface area contributed by atoms with E-state index >= 15 is 0 Å². The van der Waals surface area contributed by atoms with E-state index in [0.29, 0.717) is 24.9 Å². The first-order valence-corrected chi connectivity index (χ1v) is 7.86. The Balaban J connectivity index is 1.53. The maximum atomic E-state index is 12.4. The van der Waals surface area contributed by atoms with Crippen molar-refractivity contribution in [3.8, 4) is 0 Å². The van der Waals surface area contributed by atoms with Gasteiger partial charge < -0.3 is 14.9 Å². The maximum absolute atomic E-state index is 12.4. The van der Waals surface area contributed by atoms with Crippen molar-refractivity contribution in [2.75, 3.05) is 26.2 Å². The average Bonchev–Trinajstić information content (AvgIpc) is 3.08. The molecular formula is C15H24N2O3. The van der Waals surface area contributed by atoms with Gasteiger partial charge in [-0.2, -0.15) is 0 Å². The van der Waals surface area contributed by atoms with Gasteiger partial charge in [-0.05, 0) is 37.5 Å². The van der Waals surface area contributed by atoms with Crippen LogP contribution in [0.1, 0.15) is 44.9 Å². The van der Waals surface area contributed by atoms with E-state index in [-0.39, 0.29) is 11.9 Å². The number of carboxylic acids is 1. The Bertz CT molecular complexity index is 394. The van der Waals surface area contributed by atoms with Gasteiger partial charge in [0.15, 0.2) is 0 Å². The largest absolute Gasteiger partial charge is 0.481 e. The molecule has 3 aliphatic rings. The Morgan fingerprint density at radius 2 is 1.60 bits per heavy atom. The standard InChI is InChI=1S/C15H24N2O3/c18-13(19)12-3-8-17(11-12)14(20)16-9-6-15(7-10-16)4-1-2-5-15/h12H,1-11H2,(H,18,19). The second-order valence-electron chi connectivity index (χ2n) is 6.75. The Morgan fingerprint density at radius 1 is 0.950 bits per heavy atom. The predicted molar refractivity (Wildman–Crippen MR) is 74.4 cm³/mol. The highest BCUT2D eigenvalue weighted by Gasteiger charge is 2.40. The van der Waals surface area contributed by atoms with E-state index in [0.717, 1.165) is 25.9 Å². The van der Waals surface area contributed by atoms with Crippen LogP contribution in [-0.2, 0) is 4.79 Å². The minimum Gasteiger partial charge on any atom is -0.481 e. The third kappa shape index (κ3) is 2.50. The van der Waals surface area contributed by atoms with Gasteiger partial charge in [-0.1, -0.05) is 12.8 Å². The smallest absolute Gasteiger partial charge is 0.320 e. The lowest BCUT2D eigenvalue weighted by atomic mass is 9.77. The highest BCUT2D eigenvalue weighted by Crippen LogP contribution is 2.46. The quantitative estimate of drug-likeness (QED) is 0.800. The van der Waals surface area contributed by atoms with Crippen molar-refractivity contribution >= 4 is 12.0 Å². The number of hydrogen-bond donors (Lipinski definition) is 1. The molecule has 5 nitrogen and oxygen atoms in total. The van der Waals surface area contributed by atoms with E-state index in [4.69, 9.17) is 5.11 Å². The third-order valence-corrected chi connectivity index (χ3v) is 5.57. The molecular weight excluding hydrogens is 256 g/mol. The molecule has 2 amide bonds. The molecule has 1 unspecified atom stereocenters. The van der Waals surface area contributed by atoms with Crippen LogP contribution < -0.4 is 0 Å². The van der Waals surface area contributed by atoms with E-state index in [1.807, 2.05) is 4.90 Å². The summed E-state index contributed by atoms with van der Waals surface area (Å²) in [7, 11) is 0. The van der Waals surface area contributed by atoms with Crippen LogP contribution >= 0.6 is 0 Å². The number of carbonyl (C=O) groups excluding carboxylic acids is 1. The van der Waals surface area contributed by atoms with Crippen molar-refractivity contribution < 1.29 is 14.7 Å². The molecule has 112 valence electrons. The highest BCUT2D eigenvalue weighted by molar-refractivity contribution is 5.77. The number of urea groups is 1. The number of carbonyl (C=O) groups is 2. The number of aliphatic carboxylic acids is 1. The van der Waals surface area contributed by atoms with Crippen LogP contribution in [0.4, 0.5) is 4.79 Å². The van der Waals surface area contributed by atoms with Crippen LogP contribution in [0.2, 0.25) is 0 Å². The molecule has 0 aromatic heterocycles. The first-order chi connectivity index (χ1) is 9.60. The van der Waals surface area contributed by atoms with Gasteiger partial charge >= 0.3 is 12.0 Å². The molecule has 2 heterocycles. The number of piperidine rings is 1. The lowest BCUT2D eigenvalue weighted by Gasteiger charge is -2.40. The Labute approximate surface area is 119 Å². The molecule has 0 aromatic rings. The van der Waals surface area contributed by atoms with Crippen molar-refractivity contribution in [1.29, 1.82) is 0 Å². The molecule has 1 atom stereocenters. The zero-order valence-electron chi connectivity index (χ0n) is 12.0. The SMILES string of the molecule is O=C(O)C1CCN(C(=O)N2CCC3(CCCC3)CC2)C1. The predicted octanol–water partition coefficient (Wildman–Crippen LogP) is 2.17. The van der Waals surface area contributed by atoms with Gasteiger partial charge in [0.2, 0.25) is 0 Å². The Kier molecular flexibility index (Phi) is 3.61. The second-order valence-corrected chi connectivity index (χ2v) is 6.75. The summed E-state index contributed by atoms with van der Waals surface area (Å²) in [5, 5.41) is 9.01. The van der Waals surface area contributed by atoms with Gasteiger partial charge in [0.1, 0.15) is 0 Å². The fourth-order valence-corrected chi connectivity index (χ4v) is 4.13. The highest BCUT2D eigenvalue weighted by atomic mass is 16.4. The molecule has 1 N–H and O–H groups in total. The molecule has 1 aliphatic carbocycles. The normalized spacial score (nSPS) is 29.1. The molecule has 2 saturated heterocycles. The van der Waals surface area contributed by atoms with Gasteiger partial charge in [-0.3, -0.25) is 4.79 Å². The summed E-state index contributed by atoms with van der Waals surface area (Å²) in [5.74, 6) is -1.14. The fourth-order valence-electron chi connectivity index (χ4n) is 4.13. The lowest BCUT2D eigenvalue weighted by Crippen LogP contribution is -2.48. The van der Waals surface area contributed by atoms with Gasteiger partial charge in [-0.15, -0.1) is 0 Å². The minimum atomic E-state index is -0.774. The summed E-state index contributed by atoms with van der Waals surface area (Å²) in [6.07, 6.45) is 8.23. The van der Waals surface area contributed by atoms with Crippen LogP contribution in [0.25, 0.3) is 0 Å². The molecule has 1 spiro atoms. The lowest BCUT2D eigenvalue weighted by molar-refractivity contribution is -0.141. The summed E-state index contributed by atoms with van der Waals surface area (Å²) < 4.78 is 0. The molecule has 0 aromatic carbocycles. The number of hydrogen-bond acceptors (Lipinski definition) is 2. The van der Waals surface area contributed by atoms with Crippen LogP contribution in [0.5, 0.6) is 0 Å². The molecule has 3 fully saturated rings. The van der Waals surface area contributed by atoms with Crippen molar-refractivity contribution in [2.45, 2.75) is 44.9 Å². The minimum absolute atomic E-state index is 0.0570. The molecule has 1 saturated carbocycles. The van der Waals surface area contributed by atoms with Crippen molar-refractivity contribution in [3.05, 3.63) is 0 Å². The summed E-state index contributed by atoms with van der Waals surface area (Å²) >= 11 is 0. The van der Waals surface area contributed by atoms with E-state index in [2.05, 4.69) is 0 Å². The number of rotatable bonds is 1. The molecule has 2 aliphatic heterocycles. The van der Waals surface area contributed by atoms with Gasteiger partial charge in [-0.25, -0.2) is 4.79 Å². The van der Waals surface area contributed by atoms with E-state index < -0.39 is 5.97 Å². The third-order valence-electron chi connectivity index (χ3n) is 5.57. The van der Waals surface area contributed by atoms with Gasteiger partial charge in [0.05, 0.1) is 5.92 Å². The molecule has 5 heteroatoms. The van der Waals surface area contributed by atoms with Crippen LogP contribution in [-0.4, -0.2) is 53.1 Å². The molecule has 0 radical (unpaired) electrons. The Hall–Kier alpha value is -1.26. The van der Waals surface area contributed by atoms with Gasteiger partial charge in [0, 0.05) is 26.2 Å². The monoisotopic (exact) mass is 280 g/mol. The van der Waals surface area contributed by atoms with Crippen LogP contribution in [0, 0.1) is 11.3 Å². The summed E-state index contributed by atoms with van der Waals surface area (Å²) in [6.45, 7) is 2.69. The molecule has 3 rings (SSSR count). The van der Waals surface area contributed by atoms with Crippen molar-refractivity contribution in [3.63, 3.8) is 0 Å². The molecule has 20 heavy (non-hydrogen) atoms. The number of amides is 2. The van der Waals surface area contributed by atoms with Crippen molar-refractivity contribution in [2.24, 2.45) is 11.3 Å². The Morgan fingerprint density at radius 3 is 2.15 bits per heavy atom. The fraction of sp³-hybridized carbons (Fsp3) is 0.867. The van der Waals surface area contributed by atoms with E-state index in [1.165, 1.54) is 25.7 Å². The average molecular weight is 280 g/mol. The van der Waals surface area contributed by atoms with E-state index in [9.17, 15) is 9.59 Å². The first-order valence-electron chi connectivity index (χ1n) is 7.86. The number of likely N-dealkylation sites (tertiary alicyclic amines) is 2.